The van der Waals surface area contributed by atoms with E-state index in [9.17, 15) is 0 Å². The first-order valence-electron chi connectivity index (χ1n) is 8.33. The van der Waals surface area contributed by atoms with E-state index < -0.39 is 0 Å². The van der Waals surface area contributed by atoms with Crippen molar-refractivity contribution in [1.29, 1.82) is 0 Å². The summed E-state index contributed by atoms with van der Waals surface area (Å²) in [6, 6.07) is 18.8. The Morgan fingerprint density at radius 1 is 0.962 bits per heavy atom. The molecule has 26 heavy (non-hydrogen) atoms. The van der Waals surface area contributed by atoms with Crippen LogP contribution in [0.1, 0.15) is 5.56 Å². The molecule has 5 rings (SSSR count). The summed E-state index contributed by atoms with van der Waals surface area (Å²) in [6.45, 7) is 0.690. The molecule has 0 spiro atoms. The zero-order valence-electron chi connectivity index (χ0n) is 13.8. The van der Waals surface area contributed by atoms with Gasteiger partial charge in [-0.2, -0.15) is 0 Å². The van der Waals surface area contributed by atoms with E-state index in [4.69, 9.17) is 0 Å². The van der Waals surface area contributed by atoms with Crippen molar-refractivity contribution in [2.45, 2.75) is 6.54 Å². The molecule has 0 unspecified atom stereocenters. The first-order chi connectivity index (χ1) is 12.9. The maximum Gasteiger partial charge on any atom is 0.214 e. The Morgan fingerprint density at radius 3 is 2.77 bits per heavy atom. The van der Waals surface area contributed by atoms with E-state index in [1.54, 1.807) is 17.5 Å². The van der Waals surface area contributed by atoms with Crippen molar-refractivity contribution in [2.24, 2.45) is 0 Å². The number of anilines is 1. The highest BCUT2D eigenvalue weighted by Gasteiger charge is 2.12. The topological polar surface area (TPSA) is 55.1 Å². The molecular weight excluding hydrogens is 342 g/mol. The molecule has 0 saturated carbocycles. The molecule has 6 heteroatoms. The Morgan fingerprint density at radius 2 is 1.88 bits per heavy atom. The number of rotatable bonds is 4. The average molecular weight is 357 g/mol. The minimum Gasteiger partial charge on any atom is -0.356 e. The summed E-state index contributed by atoms with van der Waals surface area (Å²) in [5.41, 5.74) is 3.23. The molecule has 0 bridgehead atoms. The van der Waals surface area contributed by atoms with Crippen LogP contribution in [-0.2, 0) is 6.54 Å². The van der Waals surface area contributed by atoms with Crippen LogP contribution in [0.25, 0.3) is 27.0 Å². The van der Waals surface area contributed by atoms with E-state index in [1.807, 2.05) is 29.0 Å². The second-order valence-corrected chi connectivity index (χ2v) is 6.98. The number of benzene rings is 2. The zero-order chi connectivity index (χ0) is 17.3. The van der Waals surface area contributed by atoms with Gasteiger partial charge in [-0.1, -0.05) is 53.8 Å². The number of fused-ring (bicyclic) bond motifs is 2. The number of nitrogens with one attached hydrogen (secondary N) is 1. The molecule has 3 heterocycles. The van der Waals surface area contributed by atoms with Crippen LogP contribution < -0.4 is 5.32 Å². The van der Waals surface area contributed by atoms with Crippen molar-refractivity contribution in [3.8, 4) is 11.3 Å². The van der Waals surface area contributed by atoms with Crippen LogP contribution in [0.3, 0.4) is 0 Å². The summed E-state index contributed by atoms with van der Waals surface area (Å²) in [5.74, 6) is 0. The van der Waals surface area contributed by atoms with Crippen molar-refractivity contribution in [1.82, 2.24) is 19.6 Å². The molecule has 126 valence electrons. The van der Waals surface area contributed by atoms with Gasteiger partial charge in [-0.3, -0.25) is 4.98 Å². The average Bonchev–Trinajstić information content (AvgIpc) is 3.27. The Kier molecular flexibility index (Phi) is 3.61. The third kappa shape index (κ3) is 2.70. The molecular formula is C20H15N5S. The molecule has 0 amide bonds. The summed E-state index contributed by atoms with van der Waals surface area (Å²) >= 11 is 1.54. The minimum atomic E-state index is 0.690. The maximum atomic E-state index is 4.69. The van der Waals surface area contributed by atoms with Gasteiger partial charge in [0.2, 0.25) is 10.1 Å². The normalized spacial score (nSPS) is 11.2. The summed E-state index contributed by atoms with van der Waals surface area (Å²) in [6.07, 6.45) is 5.51. The zero-order valence-corrected chi connectivity index (χ0v) is 14.6. The Bertz CT molecular complexity index is 1190. The summed E-state index contributed by atoms with van der Waals surface area (Å²) < 4.78 is 1.90. The van der Waals surface area contributed by atoms with E-state index in [0.29, 0.717) is 6.54 Å². The van der Waals surface area contributed by atoms with Crippen LogP contribution in [0.4, 0.5) is 5.13 Å². The Balaban J connectivity index is 1.47. The van der Waals surface area contributed by atoms with Gasteiger partial charge in [-0.15, -0.1) is 5.10 Å². The van der Waals surface area contributed by atoms with Gasteiger partial charge in [0, 0.05) is 24.5 Å². The monoisotopic (exact) mass is 357 g/mol. The molecule has 0 atom stereocenters. The molecule has 0 aliphatic heterocycles. The van der Waals surface area contributed by atoms with Gasteiger partial charge in [0.1, 0.15) is 0 Å². The van der Waals surface area contributed by atoms with Crippen molar-refractivity contribution >= 4 is 32.2 Å². The van der Waals surface area contributed by atoms with Gasteiger partial charge in [0.05, 0.1) is 11.9 Å². The summed E-state index contributed by atoms with van der Waals surface area (Å²) in [4.78, 5) is 9.53. The van der Waals surface area contributed by atoms with Gasteiger partial charge in [-0.25, -0.2) is 9.50 Å². The molecule has 0 fully saturated rings. The van der Waals surface area contributed by atoms with Crippen molar-refractivity contribution in [3.63, 3.8) is 0 Å². The van der Waals surface area contributed by atoms with Crippen LogP contribution in [0, 0.1) is 0 Å². The first kappa shape index (κ1) is 15.0. The van der Waals surface area contributed by atoms with Crippen LogP contribution in [-0.4, -0.2) is 19.6 Å². The van der Waals surface area contributed by atoms with Gasteiger partial charge >= 0.3 is 0 Å². The smallest absolute Gasteiger partial charge is 0.214 e. The highest BCUT2D eigenvalue weighted by Crippen LogP contribution is 2.28. The second kappa shape index (κ2) is 6.24. The number of hydrogen-bond acceptors (Lipinski definition) is 5. The van der Waals surface area contributed by atoms with Crippen LogP contribution in [0.2, 0.25) is 0 Å². The van der Waals surface area contributed by atoms with Crippen LogP contribution >= 0.6 is 11.3 Å². The number of imidazole rings is 1. The first-order valence-corrected chi connectivity index (χ1v) is 9.15. The van der Waals surface area contributed by atoms with Crippen LogP contribution in [0.15, 0.2) is 73.2 Å². The van der Waals surface area contributed by atoms with Gasteiger partial charge < -0.3 is 5.32 Å². The van der Waals surface area contributed by atoms with Gasteiger partial charge in [0.15, 0.2) is 0 Å². The third-order valence-electron chi connectivity index (χ3n) is 4.30. The quantitative estimate of drug-likeness (QED) is 0.510. The Hall–Kier alpha value is -3.25. The maximum absolute atomic E-state index is 4.69. The molecule has 5 aromatic rings. The molecule has 0 radical (unpaired) electrons. The molecule has 2 aromatic carbocycles. The molecule has 0 aliphatic carbocycles. The van der Waals surface area contributed by atoms with E-state index in [0.717, 1.165) is 26.9 Å². The molecule has 0 saturated heterocycles. The van der Waals surface area contributed by atoms with E-state index in [2.05, 4.69) is 62.8 Å². The lowest BCUT2D eigenvalue weighted by Gasteiger charge is -2.03. The minimum absolute atomic E-state index is 0.690. The third-order valence-corrected chi connectivity index (χ3v) is 5.18. The fraction of sp³-hybridized carbons (Fsp3) is 0.0500. The number of aromatic nitrogens is 4. The van der Waals surface area contributed by atoms with Crippen molar-refractivity contribution in [3.05, 3.63) is 78.8 Å². The molecule has 3 aromatic heterocycles. The predicted octanol–water partition coefficient (Wildman–Crippen LogP) is 4.62. The van der Waals surface area contributed by atoms with E-state index in [1.165, 1.54) is 10.8 Å². The molecule has 5 nitrogen and oxygen atoms in total. The number of hydrogen-bond donors (Lipinski definition) is 1. The standard InChI is InChI=1S/C20H15N5S/c1-2-6-16-10-17(8-7-15(16)5-1)18-13-23-20-25(18)24-19(26-20)22-12-14-4-3-9-21-11-14/h1-11,13H,12H2,(H,22,24). The molecule has 0 aliphatic rings. The SMILES string of the molecule is c1cncc(CNc2nn3c(-c4ccc5ccccc5c4)cnc3s2)c1. The van der Waals surface area contributed by atoms with E-state index >= 15 is 0 Å². The van der Waals surface area contributed by atoms with Gasteiger partial charge in [-0.05, 0) is 28.5 Å². The summed E-state index contributed by atoms with van der Waals surface area (Å²) in [5, 5.41) is 11.3. The van der Waals surface area contributed by atoms with Crippen LogP contribution in [0.5, 0.6) is 0 Å². The number of nitrogens with zero attached hydrogens (tertiary/aromatic N) is 4. The Labute approximate surface area is 154 Å². The second-order valence-electron chi connectivity index (χ2n) is 6.02. The highest BCUT2D eigenvalue weighted by molar-refractivity contribution is 7.20. The highest BCUT2D eigenvalue weighted by atomic mass is 32.1. The molecule has 1 N–H and O–H groups in total. The lowest BCUT2D eigenvalue weighted by molar-refractivity contribution is 0.967. The lowest BCUT2D eigenvalue weighted by atomic mass is 10.1. The van der Waals surface area contributed by atoms with Gasteiger partial charge in [0.25, 0.3) is 0 Å². The van der Waals surface area contributed by atoms with Crippen molar-refractivity contribution in [2.75, 3.05) is 5.32 Å². The predicted molar refractivity (Wildman–Crippen MR) is 105 cm³/mol. The largest absolute Gasteiger partial charge is 0.356 e. The number of pyridine rings is 1. The van der Waals surface area contributed by atoms with Crippen molar-refractivity contribution < 1.29 is 0 Å². The van der Waals surface area contributed by atoms with E-state index in [-0.39, 0.29) is 0 Å². The fourth-order valence-corrected chi connectivity index (χ4v) is 3.76. The summed E-state index contributed by atoms with van der Waals surface area (Å²) in [7, 11) is 0. The lowest BCUT2D eigenvalue weighted by Crippen LogP contribution is -2.00. The fourth-order valence-electron chi connectivity index (χ4n) is 2.99.